The average Bonchev–Trinajstić information content (AvgIpc) is 2.31. The van der Waals surface area contributed by atoms with Gasteiger partial charge in [-0.25, -0.2) is 8.78 Å². The van der Waals surface area contributed by atoms with Crippen LogP contribution in [-0.4, -0.2) is 19.0 Å². The minimum atomic E-state index is -0.672. The fourth-order valence-electron chi connectivity index (χ4n) is 3.54. The first-order valence-corrected chi connectivity index (χ1v) is 6.71. The molecule has 6 heteroatoms. The number of hydrogen-bond donors (Lipinski definition) is 1. The summed E-state index contributed by atoms with van der Waals surface area (Å²) < 4.78 is 30.8. The maximum Gasteiger partial charge on any atom is 0.311 e. The number of benzene rings is 1. The summed E-state index contributed by atoms with van der Waals surface area (Å²) >= 11 is 0. The lowest BCUT2D eigenvalue weighted by molar-refractivity contribution is -0.222. The third-order valence-corrected chi connectivity index (χ3v) is 4.51. The van der Waals surface area contributed by atoms with Crippen molar-refractivity contribution in [2.45, 2.75) is 25.8 Å². The number of carbonyl (C=O) groups is 2. The Balaban J connectivity index is 1.56. The molecule has 1 aromatic carbocycles. The molecule has 1 amide bonds. The van der Waals surface area contributed by atoms with E-state index >= 15 is 0 Å². The molecule has 3 aliphatic carbocycles. The zero-order chi connectivity index (χ0) is 15.3. The summed E-state index contributed by atoms with van der Waals surface area (Å²) in [5.74, 6) is -1.77. The maximum absolute atomic E-state index is 13.0. The molecule has 3 aliphatic rings. The number of ether oxygens (including phenoxy) is 1. The Kier molecular flexibility index (Phi) is 3.00. The Labute approximate surface area is 120 Å². The number of esters is 1. The van der Waals surface area contributed by atoms with Crippen molar-refractivity contribution in [2.24, 2.45) is 10.8 Å². The van der Waals surface area contributed by atoms with E-state index in [1.54, 1.807) is 0 Å². The van der Waals surface area contributed by atoms with Gasteiger partial charge in [0, 0.05) is 12.6 Å². The first-order chi connectivity index (χ1) is 9.89. The molecule has 3 saturated carbocycles. The molecular formula is C15H15F2NO3. The number of halogens is 2. The summed E-state index contributed by atoms with van der Waals surface area (Å²) in [7, 11) is 1.34. The van der Waals surface area contributed by atoms with Crippen molar-refractivity contribution >= 4 is 11.9 Å². The number of carbonyl (C=O) groups excluding carboxylic acids is 2. The highest BCUT2D eigenvalue weighted by molar-refractivity contribution is 5.93. The monoisotopic (exact) mass is 295 g/mol. The molecule has 0 radical (unpaired) electrons. The van der Waals surface area contributed by atoms with Crippen LogP contribution < -0.4 is 5.32 Å². The normalized spacial score (nSPS) is 29.1. The molecule has 4 nitrogen and oxygen atoms in total. The molecule has 2 bridgehead atoms. The van der Waals surface area contributed by atoms with Crippen LogP contribution in [0.2, 0.25) is 0 Å². The summed E-state index contributed by atoms with van der Waals surface area (Å²) in [5, 5.41) is 2.68. The van der Waals surface area contributed by atoms with Gasteiger partial charge in [-0.3, -0.25) is 9.59 Å². The van der Waals surface area contributed by atoms with Gasteiger partial charge in [-0.05, 0) is 37.0 Å². The highest BCUT2D eigenvalue weighted by Crippen LogP contribution is 2.73. The Morgan fingerprint density at radius 3 is 2.24 bits per heavy atom. The molecule has 4 rings (SSSR count). The third kappa shape index (κ3) is 2.09. The Morgan fingerprint density at radius 1 is 1.14 bits per heavy atom. The van der Waals surface area contributed by atoms with Crippen LogP contribution in [0.15, 0.2) is 18.2 Å². The second-order valence-electron chi connectivity index (χ2n) is 6.04. The van der Waals surface area contributed by atoms with Crippen LogP contribution in [0, 0.1) is 22.5 Å². The van der Waals surface area contributed by atoms with E-state index in [4.69, 9.17) is 4.74 Å². The van der Waals surface area contributed by atoms with Gasteiger partial charge < -0.3 is 10.1 Å². The van der Waals surface area contributed by atoms with Crippen molar-refractivity contribution in [1.82, 2.24) is 5.32 Å². The molecule has 0 aromatic heterocycles. The van der Waals surface area contributed by atoms with Crippen LogP contribution in [0.1, 0.15) is 24.8 Å². The lowest BCUT2D eigenvalue weighted by atomic mass is 9.35. The maximum atomic E-state index is 13.0. The number of hydrogen-bond acceptors (Lipinski definition) is 3. The average molecular weight is 295 g/mol. The molecule has 21 heavy (non-hydrogen) atoms. The second kappa shape index (κ2) is 4.51. The smallest absolute Gasteiger partial charge is 0.311 e. The third-order valence-electron chi connectivity index (χ3n) is 4.51. The van der Waals surface area contributed by atoms with Crippen molar-refractivity contribution in [3.05, 3.63) is 35.4 Å². The van der Waals surface area contributed by atoms with Crippen LogP contribution in [0.5, 0.6) is 0 Å². The Morgan fingerprint density at radius 2 is 1.71 bits per heavy atom. The molecule has 0 saturated heterocycles. The van der Waals surface area contributed by atoms with E-state index in [-0.39, 0.29) is 18.4 Å². The molecular weight excluding hydrogens is 280 g/mol. The van der Waals surface area contributed by atoms with Crippen LogP contribution in [0.3, 0.4) is 0 Å². The highest BCUT2D eigenvalue weighted by Gasteiger charge is 2.75. The van der Waals surface area contributed by atoms with E-state index < -0.39 is 22.5 Å². The fourth-order valence-corrected chi connectivity index (χ4v) is 3.54. The summed E-state index contributed by atoms with van der Waals surface area (Å²) in [4.78, 5) is 23.7. The van der Waals surface area contributed by atoms with Gasteiger partial charge in [0.25, 0.3) is 0 Å². The second-order valence-corrected chi connectivity index (χ2v) is 6.04. The van der Waals surface area contributed by atoms with Crippen molar-refractivity contribution in [3.63, 3.8) is 0 Å². The summed E-state index contributed by atoms with van der Waals surface area (Å²) in [6, 6.07) is 3.15. The first-order valence-electron chi connectivity index (χ1n) is 6.71. The molecule has 1 N–H and O–H groups in total. The van der Waals surface area contributed by atoms with E-state index in [0.29, 0.717) is 24.8 Å². The fraction of sp³-hybridized carbons (Fsp3) is 0.467. The number of amides is 1. The topological polar surface area (TPSA) is 55.4 Å². The van der Waals surface area contributed by atoms with Gasteiger partial charge in [-0.1, -0.05) is 0 Å². The summed E-state index contributed by atoms with van der Waals surface area (Å²) in [6.45, 7) is 0.0699. The van der Waals surface area contributed by atoms with Crippen molar-refractivity contribution in [3.8, 4) is 0 Å². The van der Waals surface area contributed by atoms with Gasteiger partial charge in [0.2, 0.25) is 5.91 Å². The molecule has 112 valence electrons. The number of nitrogens with one attached hydrogen (secondary N) is 1. The molecule has 0 heterocycles. The zero-order valence-electron chi connectivity index (χ0n) is 11.5. The van der Waals surface area contributed by atoms with Crippen LogP contribution >= 0.6 is 0 Å². The van der Waals surface area contributed by atoms with Gasteiger partial charge in [0.15, 0.2) is 0 Å². The molecule has 3 fully saturated rings. The predicted octanol–water partition coefficient (Wildman–Crippen LogP) is 1.92. The van der Waals surface area contributed by atoms with Gasteiger partial charge in [0.05, 0.1) is 17.9 Å². The standard InChI is InChI=1S/C15H15F2NO3/c1-21-13(20)15-6-14(7-15,8-15)12(19)18-5-9-2-10(16)4-11(17)3-9/h2-4H,5-8H2,1H3,(H,18,19). The SMILES string of the molecule is COC(=O)C12CC(C(=O)NCc3cc(F)cc(F)c3)(C1)C2. The van der Waals surface area contributed by atoms with E-state index in [1.165, 1.54) is 19.2 Å². The lowest BCUT2D eigenvalue weighted by Gasteiger charge is -2.66. The minimum Gasteiger partial charge on any atom is -0.469 e. The number of rotatable bonds is 4. The first kappa shape index (κ1) is 14.0. The van der Waals surface area contributed by atoms with E-state index in [0.717, 1.165) is 6.07 Å². The van der Waals surface area contributed by atoms with E-state index in [2.05, 4.69) is 5.32 Å². The van der Waals surface area contributed by atoms with Gasteiger partial charge in [0.1, 0.15) is 11.6 Å². The molecule has 0 aliphatic heterocycles. The largest absolute Gasteiger partial charge is 0.469 e. The Hall–Kier alpha value is -1.98. The molecule has 0 atom stereocenters. The van der Waals surface area contributed by atoms with Gasteiger partial charge in [-0.15, -0.1) is 0 Å². The Bertz CT molecular complexity index is 589. The minimum absolute atomic E-state index is 0.0699. The van der Waals surface area contributed by atoms with Crippen LogP contribution in [0.4, 0.5) is 8.78 Å². The van der Waals surface area contributed by atoms with Crippen molar-refractivity contribution in [2.75, 3.05) is 7.11 Å². The summed E-state index contributed by atoms with van der Waals surface area (Å²) in [6.07, 6.45) is 1.49. The van der Waals surface area contributed by atoms with Crippen molar-refractivity contribution in [1.29, 1.82) is 0 Å². The van der Waals surface area contributed by atoms with E-state index in [9.17, 15) is 18.4 Å². The van der Waals surface area contributed by atoms with E-state index in [1.807, 2.05) is 0 Å². The molecule has 0 unspecified atom stereocenters. The van der Waals surface area contributed by atoms with Crippen LogP contribution in [0.25, 0.3) is 0 Å². The highest BCUT2D eigenvalue weighted by atomic mass is 19.1. The van der Waals surface area contributed by atoms with Gasteiger partial charge in [-0.2, -0.15) is 0 Å². The van der Waals surface area contributed by atoms with Gasteiger partial charge >= 0.3 is 5.97 Å². The predicted molar refractivity (Wildman–Crippen MR) is 68.9 cm³/mol. The van der Waals surface area contributed by atoms with Crippen molar-refractivity contribution < 1.29 is 23.1 Å². The molecule has 0 spiro atoms. The van der Waals surface area contributed by atoms with Crippen LogP contribution in [-0.2, 0) is 20.9 Å². The number of methoxy groups -OCH3 is 1. The lowest BCUT2D eigenvalue weighted by Crippen LogP contribution is -2.70. The zero-order valence-corrected chi connectivity index (χ0v) is 11.5. The summed E-state index contributed by atoms with van der Waals surface area (Å²) in [5.41, 5.74) is -0.605. The molecule has 1 aromatic rings. The quantitative estimate of drug-likeness (QED) is 0.864.